The SMILES string of the molecule is NC(N)=N[C@@H]1NC(=O)NC1=O. The lowest BCUT2D eigenvalue weighted by atomic mass is 10.5. The highest BCUT2D eigenvalue weighted by molar-refractivity contribution is 6.04. The number of rotatable bonds is 1. The molecule has 1 heterocycles. The third-order valence-electron chi connectivity index (χ3n) is 1.03. The topological polar surface area (TPSA) is 123 Å². The molecule has 0 aromatic carbocycles. The third kappa shape index (κ3) is 1.57. The first-order valence-electron chi connectivity index (χ1n) is 2.79. The lowest BCUT2D eigenvalue weighted by Crippen LogP contribution is -2.33. The van der Waals surface area contributed by atoms with Gasteiger partial charge in [-0.25, -0.2) is 9.79 Å². The Hall–Kier alpha value is -1.79. The predicted molar refractivity (Wildman–Crippen MR) is 36.3 cm³/mol. The minimum Gasteiger partial charge on any atom is -0.370 e. The van der Waals surface area contributed by atoms with Crippen LogP contribution in [0.1, 0.15) is 0 Å². The van der Waals surface area contributed by atoms with Gasteiger partial charge in [-0.05, 0) is 0 Å². The molecule has 3 amide bonds. The maximum absolute atomic E-state index is 10.7. The maximum Gasteiger partial charge on any atom is 0.323 e. The van der Waals surface area contributed by atoms with E-state index in [1.807, 2.05) is 5.32 Å². The Kier molecular flexibility index (Phi) is 1.63. The van der Waals surface area contributed by atoms with E-state index in [-0.39, 0.29) is 5.96 Å². The van der Waals surface area contributed by atoms with Crippen LogP contribution < -0.4 is 22.1 Å². The Balaban J connectivity index is 2.68. The highest BCUT2D eigenvalue weighted by Crippen LogP contribution is 1.92. The van der Waals surface area contributed by atoms with Crippen LogP contribution in [0.15, 0.2) is 4.99 Å². The molecule has 1 rings (SSSR count). The summed E-state index contributed by atoms with van der Waals surface area (Å²) >= 11 is 0. The first-order chi connectivity index (χ1) is 5.09. The van der Waals surface area contributed by atoms with Gasteiger partial charge in [0, 0.05) is 0 Å². The molecule has 7 nitrogen and oxygen atoms in total. The highest BCUT2D eigenvalue weighted by atomic mass is 16.2. The first kappa shape index (κ1) is 7.32. The number of nitrogens with zero attached hydrogens (tertiary/aromatic N) is 1. The number of carbonyl (C=O) groups excluding carboxylic acids is 2. The van der Waals surface area contributed by atoms with E-state index in [1.54, 1.807) is 0 Å². The summed E-state index contributed by atoms with van der Waals surface area (Å²) < 4.78 is 0. The van der Waals surface area contributed by atoms with E-state index in [1.165, 1.54) is 0 Å². The zero-order chi connectivity index (χ0) is 8.43. The fraction of sp³-hybridized carbons (Fsp3) is 0.250. The molecule has 0 unspecified atom stereocenters. The molecule has 1 atom stereocenters. The number of urea groups is 1. The van der Waals surface area contributed by atoms with Crippen LogP contribution in [-0.4, -0.2) is 24.1 Å². The lowest BCUT2D eigenvalue weighted by molar-refractivity contribution is -0.120. The van der Waals surface area contributed by atoms with Crippen molar-refractivity contribution in [3.63, 3.8) is 0 Å². The van der Waals surface area contributed by atoms with Crippen molar-refractivity contribution in [3.8, 4) is 0 Å². The summed E-state index contributed by atoms with van der Waals surface area (Å²) in [5, 5.41) is 4.15. The van der Waals surface area contributed by atoms with Crippen LogP contribution in [0.4, 0.5) is 4.79 Å². The Morgan fingerprint density at radius 2 is 2.09 bits per heavy atom. The molecule has 0 aromatic heterocycles. The van der Waals surface area contributed by atoms with E-state index in [2.05, 4.69) is 10.3 Å². The highest BCUT2D eigenvalue weighted by Gasteiger charge is 2.28. The largest absolute Gasteiger partial charge is 0.370 e. The molecule has 0 aromatic rings. The molecule has 0 radical (unpaired) electrons. The minimum atomic E-state index is -0.979. The van der Waals surface area contributed by atoms with Gasteiger partial charge in [-0.1, -0.05) is 0 Å². The predicted octanol–water partition coefficient (Wildman–Crippen LogP) is -2.57. The summed E-state index contributed by atoms with van der Waals surface area (Å²) in [4.78, 5) is 24.6. The molecule has 1 aliphatic heterocycles. The molecular formula is C4H7N5O2. The molecule has 6 N–H and O–H groups in total. The summed E-state index contributed by atoms with van der Waals surface area (Å²) in [6, 6.07) is -0.593. The van der Waals surface area contributed by atoms with E-state index in [4.69, 9.17) is 11.5 Å². The molecule has 0 spiro atoms. The van der Waals surface area contributed by atoms with Crippen LogP contribution in [0.5, 0.6) is 0 Å². The van der Waals surface area contributed by atoms with Crippen molar-refractivity contribution in [2.75, 3.05) is 0 Å². The van der Waals surface area contributed by atoms with Gasteiger partial charge in [0.25, 0.3) is 5.91 Å². The zero-order valence-electron chi connectivity index (χ0n) is 5.50. The van der Waals surface area contributed by atoms with E-state index in [0.717, 1.165) is 0 Å². The number of hydrogen-bond acceptors (Lipinski definition) is 3. The van der Waals surface area contributed by atoms with E-state index >= 15 is 0 Å². The van der Waals surface area contributed by atoms with Crippen LogP contribution in [0.25, 0.3) is 0 Å². The average Bonchev–Trinajstić information content (AvgIpc) is 2.09. The molecule has 0 aliphatic carbocycles. The Morgan fingerprint density at radius 3 is 2.45 bits per heavy atom. The molecule has 7 heteroatoms. The van der Waals surface area contributed by atoms with Gasteiger partial charge in [0.05, 0.1) is 0 Å². The second kappa shape index (κ2) is 2.45. The van der Waals surface area contributed by atoms with Gasteiger partial charge in [0.15, 0.2) is 5.96 Å². The average molecular weight is 157 g/mol. The van der Waals surface area contributed by atoms with Gasteiger partial charge in [0.1, 0.15) is 0 Å². The summed E-state index contributed by atoms with van der Waals surface area (Å²) in [6.07, 6.45) is -0.979. The number of amides is 3. The number of carbonyl (C=O) groups is 2. The van der Waals surface area contributed by atoms with Crippen LogP contribution in [0, 0.1) is 0 Å². The van der Waals surface area contributed by atoms with Gasteiger partial charge in [-0.15, -0.1) is 0 Å². The second-order valence-corrected chi connectivity index (χ2v) is 1.92. The summed E-state index contributed by atoms with van der Waals surface area (Å²) in [5.41, 5.74) is 9.95. The van der Waals surface area contributed by atoms with Crippen LogP contribution in [0.3, 0.4) is 0 Å². The van der Waals surface area contributed by atoms with Gasteiger partial charge in [-0.3, -0.25) is 10.1 Å². The van der Waals surface area contributed by atoms with Crippen molar-refractivity contribution in [2.24, 2.45) is 16.5 Å². The molecule has 11 heavy (non-hydrogen) atoms. The van der Waals surface area contributed by atoms with Crippen molar-refractivity contribution in [1.82, 2.24) is 10.6 Å². The molecule has 60 valence electrons. The number of hydrogen-bond donors (Lipinski definition) is 4. The van der Waals surface area contributed by atoms with Gasteiger partial charge in [-0.2, -0.15) is 0 Å². The normalized spacial score (nSPS) is 22.4. The lowest BCUT2D eigenvalue weighted by Gasteiger charge is -1.98. The standard InChI is InChI=1S/C4H7N5O2/c5-3(6)7-1-2(10)9-4(11)8-1/h1H,(H4,5,6,7)(H2,8,9,10,11)/t1-/m1/s1. The summed E-state index contributed by atoms with van der Waals surface area (Å²) in [7, 11) is 0. The fourth-order valence-electron chi connectivity index (χ4n) is 0.646. The Bertz CT molecular complexity index is 231. The Morgan fingerprint density at radius 1 is 1.45 bits per heavy atom. The van der Waals surface area contributed by atoms with Gasteiger partial charge >= 0.3 is 6.03 Å². The number of guanidine groups is 1. The molecule has 1 fully saturated rings. The molecule has 1 saturated heterocycles. The summed E-state index contributed by atoms with van der Waals surface area (Å²) in [5.74, 6) is -0.796. The minimum absolute atomic E-state index is 0.243. The van der Waals surface area contributed by atoms with Crippen molar-refractivity contribution in [3.05, 3.63) is 0 Å². The quantitative estimate of drug-likeness (QED) is 0.190. The van der Waals surface area contributed by atoms with E-state index < -0.39 is 18.1 Å². The van der Waals surface area contributed by atoms with E-state index in [9.17, 15) is 9.59 Å². The molecule has 0 bridgehead atoms. The zero-order valence-corrected chi connectivity index (χ0v) is 5.50. The molecular weight excluding hydrogens is 150 g/mol. The number of nitrogens with one attached hydrogen (secondary N) is 2. The smallest absolute Gasteiger partial charge is 0.323 e. The van der Waals surface area contributed by atoms with Gasteiger partial charge in [0.2, 0.25) is 6.17 Å². The van der Waals surface area contributed by atoms with Crippen molar-refractivity contribution < 1.29 is 9.59 Å². The number of nitrogens with two attached hydrogens (primary N) is 2. The first-order valence-corrected chi connectivity index (χ1v) is 2.79. The molecule has 0 saturated carbocycles. The third-order valence-corrected chi connectivity index (χ3v) is 1.03. The van der Waals surface area contributed by atoms with Crippen molar-refractivity contribution in [2.45, 2.75) is 6.17 Å². The second-order valence-electron chi connectivity index (χ2n) is 1.92. The van der Waals surface area contributed by atoms with Crippen molar-refractivity contribution in [1.29, 1.82) is 0 Å². The monoisotopic (exact) mass is 157 g/mol. The molecule has 1 aliphatic rings. The van der Waals surface area contributed by atoms with E-state index in [0.29, 0.717) is 0 Å². The number of imide groups is 1. The Labute approximate surface area is 61.8 Å². The van der Waals surface area contributed by atoms with Crippen LogP contribution in [-0.2, 0) is 4.79 Å². The van der Waals surface area contributed by atoms with Crippen molar-refractivity contribution >= 4 is 17.9 Å². The maximum atomic E-state index is 10.7. The fourth-order valence-corrected chi connectivity index (χ4v) is 0.646. The van der Waals surface area contributed by atoms with Gasteiger partial charge < -0.3 is 16.8 Å². The number of aliphatic imine (C=N–C) groups is 1. The van der Waals surface area contributed by atoms with Crippen LogP contribution >= 0.6 is 0 Å². The summed E-state index contributed by atoms with van der Waals surface area (Å²) in [6.45, 7) is 0. The van der Waals surface area contributed by atoms with Crippen LogP contribution in [0.2, 0.25) is 0 Å².